The van der Waals surface area contributed by atoms with E-state index < -0.39 is 0 Å². The van der Waals surface area contributed by atoms with Gasteiger partial charge >= 0.3 is 0 Å². The van der Waals surface area contributed by atoms with E-state index in [1.165, 1.54) is 28.9 Å². The van der Waals surface area contributed by atoms with Gasteiger partial charge in [-0.3, -0.25) is 4.79 Å². The van der Waals surface area contributed by atoms with Crippen LogP contribution in [-0.2, 0) is 24.4 Å². The highest BCUT2D eigenvalue weighted by Crippen LogP contribution is 2.34. The normalized spacial score (nSPS) is 12.7. The highest BCUT2D eigenvalue weighted by Gasteiger charge is 2.28. The van der Waals surface area contributed by atoms with Gasteiger partial charge in [0.2, 0.25) is 5.91 Å². The summed E-state index contributed by atoms with van der Waals surface area (Å²) in [5, 5.41) is 5.49. The van der Waals surface area contributed by atoms with Crippen LogP contribution < -0.4 is 0 Å². The van der Waals surface area contributed by atoms with Crippen molar-refractivity contribution >= 4 is 17.2 Å². The lowest BCUT2D eigenvalue weighted by molar-refractivity contribution is -0.132. The summed E-state index contributed by atoms with van der Waals surface area (Å²) in [5.41, 5.74) is 3.22. The molecule has 36 heavy (non-hydrogen) atoms. The first-order valence-electron chi connectivity index (χ1n) is 11.3. The van der Waals surface area contributed by atoms with Gasteiger partial charge in [0.15, 0.2) is 11.6 Å². The highest BCUT2D eigenvalue weighted by molar-refractivity contribution is 7.15. The lowest BCUT2D eigenvalue weighted by Gasteiger charge is -2.16. The van der Waals surface area contributed by atoms with Gasteiger partial charge in [-0.2, -0.15) is 0 Å². The zero-order chi connectivity index (χ0) is 24.6. The molecule has 3 aromatic carbocycles. The highest BCUT2D eigenvalue weighted by atomic mass is 32.1. The summed E-state index contributed by atoms with van der Waals surface area (Å²) in [6, 6.07) is 21.7. The summed E-state index contributed by atoms with van der Waals surface area (Å²) in [7, 11) is 0. The van der Waals surface area contributed by atoms with Crippen molar-refractivity contribution in [2.75, 3.05) is 0 Å². The van der Waals surface area contributed by atoms with E-state index in [2.05, 4.69) is 10.1 Å². The van der Waals surface area contributed by atoms with E-state index >= 15 is 0 Å². The second-order valence-electron chi connectivity index (χ2n) is 8.44. The van der Waals surface area contributed by atoms with Crippen molar-refractivity contribution in [2.45, 2.75) is 19.6 Å². The van der Waals surface area contributed by atoms with Gasteiger partial charge in [-0.1, -0.05) is 30.3 Å². The zero-order valence-corrected chi connectivity index (χ0v) is 19.8. The summed E-state index contributed by atoms with van der Waals surface area (Å²) in [5.74, 6) is -0.0683. The first-order valence-corrected chi connectivity index (χ1v) is 12.1. The van der Waals surface area contributed by atoms with Crippen molar-refractivity contribution in [3.63, 3.8) is 0 Å². The van der Waals surface area contributed by atoms with E-state index in [1.54, 1.807) is 40.5 Å². The molecule has 1 amide bonds. The molecule has 2 aromatic heterocycles. The maximum atomic E-state index is 13.5. The average molecular weight is 500 g/mol. The Labute approximate surface area is 209 Å². The van der Waals surface area contributed by atoms with E-state index in [9.17, 15) is 13.6 Å². The molecule has 1 aliphatic rings. The first-order chi connectivity index (χ1) is 17.5. The molecule has 3 heterocycles. The number of rotatable bonds is 5. The van der Waals surface area contributed by atoms with Crippen LogP contribution in [0.15, 0.2) is 78.9 Å². The van der Waals surface area contributed by atoms with Crippen molar-refractivity contribution in [3.8, 4) is 33.3 Å². The fourth-order valence-corrected chi connectivity index (χ4v) is 5.23. The summed E-state index contributed by atoms with van der Waals surface area (Å²) in [6.07, 6.45) is 0. The van der Waals surface area contributed by atoms with E-state index in [1.807, 2.05) is 30.3 Å². The second kappa shape index (κ2) is 9.09. The topological polar surface area (TPSA) is 63.9 Å². The Morgan fingerprint density at radius 2 is 1.47 bits per heavy atom. The third-order valence-electron chi connectivity index (χ3n) is 5.99. The van der Waals surface area contributed by atoms with Gasteiger partial charge in [-0.15, -0.1) is 16.4 Å². The molecule has 0 atom stereocenters. The number of hydrogen-bond acceptors (Lipinski definition) is 5. The number of amides is 1. The van der Waals surface area contributed by atoms with Gasteiger partial charge in [0.1, 0.15) is 23.2 Å². The van der Waals surface area contributed by atoms with E-state index in [0.29, 0.717) is 35.9 Å². The second-order valence-corrected chi connectivity index (χ2v) is 9.52. The molecule has 9 heteroatoms. The maximum absolute atomic E-state index is 13.5. The van der Waals surface area contributed by atoms with Crippen molar-refractivity contribution < 1.29 is 13.6 Å². The smallest absolute Gasteiger partial charge is 0.245 e. The van der Waals surface area contributed by atoms with Crippen LogP contribution in [0.2, 0.25) is 0 Å². The lowest BCUT2D eigenvalue weighted by Crippen LogP contribution is -2.30. The molecule has 0 aliphatic carbocycles. The minimum absolute atomic E-state index is 0.0403. The zero-order valence-electron chi connectivity index (χ0n) is 18.9. The fraction of sp³-hybridized carbons (Fsp3) is 0.111. The van der Waals surface area contributed by atoms with Crippen molar-refractivity contribution in [2.24, 2.45) is 0 Å². The molecular weight excluding hydrogens is 480 g/mol. The number of benzene rings is 3. The summed E-state index contributed by atoms with van der Waals surface area (Å²) >= 11 is 1.60. The van der Waals surface area contributed by atoms with Gasteiger partial charge in [0.05, 0.1) is 18.8 Å². The van der Waals surface area contributed by atoms with Crippen LogP contribution >= 0.6 is 11.3 Å². The molecule has 0 saturated heterocycles. The Balaban J connectivity index is 1.25. The summed E-state index contributed by atoms with van der Waals surface area (Å²) < 4.78 is 28.4. The summed E-state index contributed by atoms with van der Waals surface area (Å²) in [6.45, 7) is 0.883. The summed E-state index contributed by atoms with van der Waals surface area (Å²) in [4.78, 5) is 25.4. The van der Waals surface area contributed by atoms with E-state index in [-0.39, 0.29) is 24.1 Å². The maximum Gasteiger partial charge on any atom is 0.245 e. The minimum Gasteiger partial charge on any atom is -0.330 e. The minimum atomic E-state index is -0.370. The average Bonchev–Trinajstić information content (AvgIpc) is 3.59. The fourth-order valence-electron chi connectivity index (χ4n) is 4.14. The molecule has 0 spiro atoms. The number of carbonyl (C=O) groups is 1. The molecule has 0 fully saturated rings. The number of halogens is 2. The van der Waals surface area contributed by atoms with Crippen LogP contribution in [0.4, 0.5) is 8.78 Å². The molecule has 0 radical (unpaired) electrons. The van der Waals surface area contributed by atoms with Crippen LogP contribution in [0.3, 0.4) is 0 Å². The molecular formula is C27H19F2N5OS. The van der Waals surface area contributed by atoms with E-state index in [4.69, 9.17) is 4.98 Å². The number of fused-ring (bicyclic) bond motifs is 1. The molecule has 0 N–H and O–H groups in total. The molecule has 5 aromatic rings. The number of carbonyl (C=O) groups excluding carboxylic acids is 1. The Hall–Kier alpha value is -4.24. The third kappa shape index (κ3) is 4.29. The molecule has 178 valence electrons. The number of aromatic nitrogens is 4. The molecule has 0 unspecified atom stereocenters. The van der Waals surface area contributed by atoms with Crippen molar-refractivity contribution in [1.29, 1.82) is 0 Å². The van der Waals surface area contributed by atoms with Crippen LogP contribution in [-0.4, -0.2) is 30.6 Å². The van der Waals surface area contributed by atoms with Gasteiger partial charge in [0.25, 0.3) is 0 Å². The largest absolute Gasteiger partial charge is 0.330 e. The van der Waals surface area contributed by atoms with Gasteiger partial charge in [0, 0.05) is 21.6 Å². The molecule has 6 rings (SSSR count). The molecule has 0 saturated carbocycles. The van der Waals surface area contributed by atoms with Crippen LogP contribution in [0.1, 0.15) is 10.6 Å². The monoisotopic (exact) mass is 499 g/mol. The van der Waals surface area contributed by atoms with Crippen molar-refractivity contribution in [1.82, 2.24) is 24.6 Å². The Morgan fingerprint density at radius 1 is 0.806 bits per heavy atom. The number of hydrogen-bond donors (Lipinski definition) is 0. The molecule has 1 aliphatic heterocycles. The van der Waals surface area contributed by atoms with Gasteiger partial charge in [-0.25, -0.2) is 23.4 Å². The number of thiazole rings is 1. The first kappa shape index (κ1) is 22.2. The van der Waals surface area contributed by atoms with Gasteiger partial charge < -0.3 is 4.90 Å². The predicted molar refractivity (Wildman–Crippen MR) is 133 cm³/mol. The molecule has 0 bridgehead atoms. The Morgan fingerprint density at radius 3 is 2.14 bits per heavy atom. The predicted octanol–water partition coefficient (Wildman–Crippen LogP) is 5.56. The van der Waals surface area contributed by atoms with Crippen LogP contribution in [0, 0.1) is 11.6 Å². The lowest BCUT2D eigenvalue weighted by atomic mass is 10.2. The van der Waals surface area contributed by atoms with Crippen molar-refractivity contribution in [3.05, 3.63) is 101 Å². The third-order valence-corrected chi connectivity index (χ3v) is 7.12. The van der Waals surface area contributed by atoms with Gasteiger partial charge in [-0.05, 0) is 48.5 Å². The standard InChI is InChI=1S/C27H19F2N5OS/c28-20-10-6-17(7-11-20)25-31-26(18-8-12-21(29)13-9-18)34(32-25)16-24(35)33-14-22-23(15-33)36-27(30-22)19-4-2-1-3-5-19/h1-13H,14-16H2. The SMILES string of the molecule is O=C(Cn1nc(-c2ccc(F)cc2)nc1-c1ccc(F)cc1)N1Cc2nc(-c3ccccc3)sc2C1. The molecule has 6 nitrogen and oxygen atoms in total. The van der Waals surface area contributed by atoms with E-state index in [0.717, 1.165) is 21.1 Å². The van der Waals surface area contributed by atoms with Crippen LogP contribution in [0.25, 0.3) is 33.3 Å². The quantitative estimate of drug-likeness (QED) is 0.318. The Bertz CT molecular complexity index is 1520. The Kier molecular flexibility index (Phi) is 5.61. The number of nitrogens with zero attached hydrogens (tertiary/aromatic N) is 5. The van der Waals surface area contributed by atoms with Crippen LogP contribution in [0.5, 0.6) is 0 Å².